The van der Waals surface area contributed by atoms with E-state index in [2.05, 4.69) is 16.9 Å². The van der Waals surface area contributed by atoms with Crippen molar-refractivity contribution >= 4 is 5.91 Å². The fourth-order valence-corrected chi connectivity index (χ4v) is 1.31. The van der Waals surface area contributed by atoms with Gasteiger partial charge in [-0.3, -0.25) is 9.78 Å². The molecule has 3 heteroatoms. The molecule has 0 aromatic carbocycles. The van der Waals surface area contributed by atoms with Crippen LogP contribution < -0.4 is 5.32 Å². The Hall–Kier alpha value is -1.64. The number of carbonyl (C=O) groups is 1. The van der Waals surface area contributed by atoms with Crippen LogP contribution in [0.5, 0.6) is 0 Å². The van der Waals surface area contributed by atoms with Crippen molar-refractivity contribution in [2.75, 3.05) is 6.54 Å². The summed E-state index contributed by atoms with van der Waals surface area (Å²) in [4.78, 5) is 15.9. The molecule has 1 N–H and O–H groups in total. The summed E-state index contributed by atoms with van der Waals surface area (Å²) in [7, 11) is 0. The van der Waals surface area contributed by atoms with Crippen molar-refractivity contribution in [2.24, 2.45) is 0 Å². The normalized spacial score (nSPS) is 9.73. The van der Waals surface area contributed by atoms with E-state index in [1.54, 1.807) is 12.1 Å². The number of carbonyl (C=O) groups excluding carboxylic acids is 1. The monoisotopic (exact) mass is 204 g/mol. The Morgan fingerprint density at radius 1 is 1.53 bits per heavy atom. The number of nitrogens with zero attached hydrogens (tertiary/aromatic N) is 1. The van der Waals surface area contributed by atoms with Gasteiger partial charge in [-0.15, -0.1) is 6.58 Å². The van der Waals surface area contributed by atoms with E-state index in [4.69, 9.17) is 0 Å². The van der Waals surface area contributed by atoms with Crippen molar-refractivity contribution < 1.29 is 4.79 Å². The van der Waals surface area contributed by atoms with Crippen molar-refractivity contribution in [1.82, 2.24) is 10.3 Å². The molecule has 0 bridgehead atoms. The number of pyridine rings is 1. The maximum Gasteiger partial charge on any atom is 0.253 e. The molecule has 0 aliphatic heterocycles. The van der Waals surface area contributed by atoms with Crippen molar-refractivity contribution in [3.8, 4) is 0 Å². The number of rotatable bonds is 4. The van der Waals surface area contributed by atoms with Crippen molar-refractivity contribution in [3.63, 3.8) is 0 Å². The summed E-state index contributed by atoms with van der Waals surface area (Å²) in [5.41, 5.74) is 2.34. The van der Waals surface area contributed by atoms with Crippen LogP contribution in [0, 0.1) is 13.8 Å². The lowest BCUT2D eigenvalue weighted by molar-refractivity contribution is 0.0953. The Morgan fingerprint density at radius 3 is 2.87 bits per heavy atom. The highest BCUT2D eigenvalue weighted by Crippen LogP contribution is 2.05. The minimum absolute atomic E-state index is 0.0677. The van der Waals surface area contributed by atoms with Gasteiger partial charge in [0.1, 0.15) is 0 Å². The molecule has 0 radical (unpaired) electrons. The van der Waals surface area contributed by atoms with Crippen LogP contribution in [0.1, 0.15) is 28.2 Å². The number of aryl methyl sites for hydroxylation is 2. The zero-order chi connectivity index (χ0) is 11.3. The van der Waals surface area contributed by atoms with E-state index >= 15 is 0 Å². The summed E-state index contributed by atoms with van der Waals surface area (Å²) < 4.78 is 0. The average Bonchev–Trinajstić information content (AvgIpc) is 2.17. The first-order valence-electron chi connectivity index (χ1n) is 4.98. The second-order valence-corrected chi connectivity index (χ2v) is 3.42. The fraction of sp³-hybridized carbons (Fsp3) is 0.333. The van der Waals surface area contributed by atoms with E-state index in [1.807, 2.05) is 19.9 Å². The highest BCUT2D eigenvalue weighted by atomic mass is 16.1. The lowest BCUT2D eigenvalue weighted by Crippen LogP contribution is -2.25. The molecule has 1 amide bonds. The summed E-state index contributed by atoms with van der Waals surface area (Å²) >= 11 is 0. The molecule has 0 aliphatic rings. The van der Waals surface area contributed by atoms with E-state index in [1.165, 1.54) is 0 Å². The van der Waals surface area contributed by atoms with Gasteiger partial charge in [0.2, 0.25) is 0 Å². The topological polar surface area (TPSA) is 42.0 Å². The molecule has 1 aromatic heterocycles. The van der Waals surface area contributed by atoms with Gasteiger partial charge in [0, 0.05) is 12.2 Å². The van der Waals surface area contributed by atoms with Crippen LogP contribution in [0.2, 0.25) is 0 Å². The van der Waals surface area contributed by atoms with Gasteiger partial charge in [-0.25, -0.2) is 0 Å². The van der Waals surface area contributed by atoms with Crippen molar-refractivity contribution in [3.05, 3.63) is 41.7 Å². The first kappa shape index (κ1) is 11.4. The molecule has 0 saturated heterocycles. The van der Waals surface area contributed by atoms with Gasteiger partial charge >= 0.3 is 0 Å². The lowest BCUT2D eigenvalue weighted by Gasteiger charge is -2.06. The van der Waals surface area contributed by atoms with Crippen LogP contribution in [0.25, 0.3) is 0 Å². The Kier molecular flexibility index (Phi) is 4.03. The molecule has 0 atom stereocenters. The minimum Gasteiger partial charge on any atom is -0.352 e. The molecule has 1 heterocycles. The molecule has 1 aromatic rings. The molecular formula is C12H16N2O. The van der Waals surface area contributed by atoms with Crippen LogP contribution in [-0.4, -0.2) is 17.4 Å². The smallest absolute Gasteiger partial charge is 0.253 e. The van der Waals surface area contributed by atoms with Gasteiger partial charge in [-0.1, -0.05) is 6.08 Å². The maximum atomic E-state index is 11.7. The van der Waals surface area contributed by atoms with Gasteiger partial charge in [-0.05, 0) is 32.4 Å². The standard InChI is InChI=1S/C12H16N2O/c1-4-5-8-13-12(15)11-7-6-9(2)14-10(11)3/h4,6-7H,1,5,8H2,2-3H3,(H,13,15). The summed E-state index contributed by atoms with van der Waals surface area (Å²) in [6.07, 6.45) is 2.56. The lowest BCUT2D eigenvalue weighted by atomic mass is 10.1. The number of aromatic nitrogens is 1. The molecule has 0 unspecified atom stereocenters. The SMILES string of the molecule is C=CCCNC(=O)c1ccc(C)nc1C. The van der Waals surface area contributed by atoms with Crippen LogP contribution in [0.4, 0.5) is 0 Å². The number of hydrogen-bond donors (Lipinski definition) is 1. The van der Waals surface area contributed by atoms with E-state index < -0.39 is 0 Å². The van der Waals surface area contributed by atoms with Gasteiger partial charge in [-0.2, -0.15) is 0 Å². The zero-order valence-corrected chi connectivity index (χ0v) is 9.21. The van der Waals surface area contributed by atoms with Crippen LogP contribution >= 0.6 is 0 Å². The van der Waals surface area contributed by atoms with Gasteiger partial charge in [0.05, 0.1) is 11.3 Å². The van der Waals surface area contributed by atoms with Crippen LogP contribution in [0.3, 0.4) is 0 Å². The third kappa shape index (κ3) is 3.20. The molecule has 0 fully saturated rings. The summed E-state index contributed by atoms with van der Waals surface area (Å²) in [5.74, 6) is -0.0677. The minimum atomic E-state index is -0.0677. The third-order valence-corrected chi connectivity index (χ3v) is 2.10. The molecule has 1 rings (SSSR count). The van der Waals surface area contributed by atoms with E-state index in [-0.39, 0.29) is 5.91 Å². The summed E-state index contributed by atoms with van der Waals surface area (Å²) in [6, 6.07) is 3.65. The second-order valence-electron chi connectivity index (χ2n) is 3.42. The Balaban J connectivity index is 2.69. The second kappa shape index (κ2) is 5.29. The first-order chi connectivity index (χ1) is 7.15. The Morgan fingerprint density at radius 2 is 2.27 bits per heavy atom. The average molecular weight is 204 g/mol. The predicted octanol–water partition coefficient (Wildman–Crippen LogP) is 2.00. The predicted molar refractivity (Wildman–Crippen MR) is 60.9 cm³/mol. The van der Waals surface area contributed by atoms with E-state index in [0.29, 0.717) is 12.1 Å². The molecule has 3 nitrogen and oxygen atoms in total. The number of nitrogens with one attached hydrogen (secondary N) is 1. The van der Waals surface area contributed by atoms with Gasteiger partial charge in [0.25, 0.3) is 5.91 Å². The molecule has 0 aliphatic carbocycles. The molecule has 80 valence electrons. The van der Waals surface area contributed by atoms with Crippen molar-refractivity contribution in [2.45, 2.75) is 20.3 Å². The molecule has 15 heavy (non-hydrogen) atoms. The Bertz CT molecular complexity index is 372. The van der Waals surface area contributed by atoms with Crippen molar-refractivity contribution in [1.29, 1.82) is 0 Å². The summed E-state index contributed by atoms with van der Waals surface area (Å²) in [5, 5.41) is 2.81. The summed E-state index contributed by atoms with van der Waals surface area (Å²) in [6.45, 7) is 7.97. The Labute approximate surface area is 90.2 Å². The van der Waals surface area contributed by atoms with E-state index in [9.17, 15) is 4.79 Å². The maximum absolute atomic E-state index is 11.7. The number of amides is 1. The third-order valence-electron chi connectivity index (χ3n) is 2.10. The van der Waals surface area contributed by atoms with Crippen LogP contribution in [-0.2, 0) is 0 Å². The fourth-order valence-electron chi connectivity index (χ4n) is 1.31. The van der Waals surface area contributed by atoms with Gasteiger partial charge in [0.15, 0.2) is 0 Å². The van der Waals surface area contributed by atoms with Gasteiger partial charge < -0.3 is 5.32 Å². The highest BCUT2D eigenvalue weighted by Gasteiger charge is 2.08. The highest BCUT2D eigenvalue weighted by molar-refractivity contribution is 5.95. The largest absolute Gasteiger partial charge is 0.352 e. The zero-order valence-electron chi connectivity index (χ0n) is 9.21. The number of hydrogen-bond acceptors (Lipinski definition) is 2. The molecule has 0 spiro atoms. The first-order valence-corrected chi connectivity index (χ1v) is 4.98. The molecule has 0 saturated carbocycles. The van der Waals surface area contributed by atoms with E-state index in [0.717, 1.165) is 17.8 Å². The quantitative estimate of drug-likeness (QED) is 0.602. The van der Waals surface area contributed by atoms with Crippen LogP contribution in [0.15, 0.2) is 24.8 Å². The molecular weight excluding hydrogens is 188 g/mol.